The third-order valence-corrected chi connectivity index (χ3v) is 4.98. The average molecular weight is 386 g/mol. The molecule has 0 radical (unpaired) electrons. The molecular formula is C23H22N4O2. The maximum absolute atomic E-state index is 13.2. The number of hydrogen-bond donors (Lipinski definition) is 1. The van der Waals surface area contributed by atoms with E-state index < -0.39 is 0 Å². The van der Waals surface area contributed by atoms with Gasteiger partial charge in [-0.3, -0.25) is 13.9 Å². The molecule has 0 amide bonds. The number of aryl methyl sites for hydroxylation is 1. The zero-order chi connectivity index (χ0) is 20.2. The molecule has 0 saturated heterocycles. The number of fused-ring (bicyclic) bond motifs is 1. The zero-order valence-electron chi connectivity index (χ0n) is 16.2. The molecule has 4 aromatic rings. The molecule has 0 unspecified atom stereocenters. The maximum Gasteiger partial charge on any atom is 0.332 e. The van der Waals surface area contributed by atoms with Crippen molar-refractivity contribution in [3.05, 3.63) is 110 Å². The van der Waals surface area contributed by atoms with Crippen LogP contribution in [-0.2, 0) is 26.7 Å². The summed E-state index contributed by atoms with van der Waals surface area (Å²) in [5.41, 5.74) is 2.62. The largest absolute Gasteiger partial charge is 0.332 e. The monoisotopic (exact) mass is 386 g/mol. The van der Waals surface area contributed by atoms with Gasteiger partial charge < -0.3 is 5.32 Å². The van der Waals surface area contributed by atoms with Crippen LogP contribution in [0.2, 0.25) is 0 Å². The van der Waals surface area contributed by atoms with E-state index in [9.17, 15) is 9.59 Å². The van der Waals surface area contributed by atoms with Gasteiger partial charge in [0.15, 0.2) is 0 Å². The molecule has 1 N–H and O–H groups in total. The van der Waals surface area contributed by atoms with Gasteiger partial charge in [0.2, 0.25) is 0 Å². The van der Waals surface area contributed by atoms with Crippen molar-refractivity contribution in [1.82, 2.24) is 19.4 Å². The van der Waals surface area contributed by atoms with Gasteiger partial charge >= 0.3 is 5.69 Å². The van der Waals surface area contributed by atoms with E-state index >= 15 is 0 Å². The van der Waals surface area contributed by atoms with Gasteiger partial charge in [-0.05, 0) is 22.8 Å². The molecule has 0 aliphatic heterocycles. The van der Waals surface area contributed by atoms with Crippen LogP contribution in [0.1, 0.15) is 16.7 Å². The van der Waals surface area contributed by atoms with E-state index in [4.69, 9.17) is 0 Å². The summed E-state index contributed by atoms with van der Waals surface area (Å²) >= 11 is 0. The summed E-state index contributed by atoms with van der Waals surface area (Å²) in [6.45, 7) is 1.43. The molecule has 0 fully saturated rings. The fourth-order valence-corrected chi connectivity index (χ4v) is 3.46. The molecule has 0 atom stereocenters. The molecule has 0 spiro atoms. The average Bonchev–Trinajstić information content (AvgIpc) is 2.76. The molecule has 0 aliphatic carbocycles. The summed E-state index contributed by atoms with van der Waals surface area (Å²) in [6.07, 6.45) is 1.64. The molecule has 2 aromatic carbocycles. The molecule has 0 bridgehead atoms. The van der Waals surface area contributed by atoms with Crippen molar-refractivity contribution in [3.8, 4) is 0 Å². The summed E-state index contributed by atoms with van der Waals surface area (Å²) in [6, 6.07) is 21.4. The van der Waals surface area contributed by atoms with Gasteiger partial charge in [-0.2, -0.15) is 0 Å². The summed E-state index contributed by atoms with van der Waals surface area (Å²) in [4.78, 5) is 30.3. The van der Waals surface area contributed by atoms with E-state index in [1.54, 1.807) is 13.2 Å². The van der Waals surface area contributed by atoms with E-state index in [1.807, 2.05) is 66.7 Å². The first kappa shape index (κ1) is 18.8. The Kier molecular flexibility index (Phi) is 5.35. The fourth-order valence-electron chi connectivity index (χ4n) is 3.46. The van der Waals surface area contributed by atoms with Crippen LogP contribution >= 0.6 is 0 Å². The molecule has 2 aromatic heterocycles. The smallest absolute Gasteiger partial charge is 0.309 e. The number of aromatic nitrogens is 3. The van der Waals surface area contributed by atoms with Crippen LogP contribution in [0.15, 0.2) is 82.5 Å². The van der Waals surface area contributed by atoms with Gasteiger partial charge in [0.25, 0.3) is 5.56 Å². The van der Waals surface area contributed by atoms with Crippen LogP contribution < -0.4 is 16.6 Å². The molecular weight excluding hydrogens is 364 g/mol. The Morgan fingerprint density at radius 1 is 0.862 bits per heavy atom. The van der Waals surface area contributed by atoms with Crippen molar-refractivity contribution in [1.29, 1.82) is 0 Å². The van der Waals surface area contributed by atoms with Crippen molar-refractivity contribution in [2.24, 2.45) is 7.05 Å². The number of hydrogen-bond acceptors (Lipinski definition) is 4. The van der Waals surface area contributed by atoms with Gasteiger partial charge in [-0.25, -0.2) is 9.78 Å². The first-order valence-electron chi connectivity index (χ1n) is 9.51. The number of nitrogens with zero attached hydrogens (tertiary/aromatic N) is 3. The Hall–Kier alpha value is -3.51. The Bertz CT molecular complexity index is 1250. The zero-order valence-corrected chi connectivity index (χ0v) is 16.2. The standard InChI is InChI=1S/C23H22N4O2/c1-26-21-20(22(28)27(23(26)29)16-18-10-6-3-7-11-18)19(12-13-25-21)15-24-14-17-8-4-2-5-9-17/h2-13,24H,14-16H2,1H3. The van der Waals surface area contributed by atoms with Crippen molar-refractivity contribution < 1.29 is 0 Å². The predicted octanol–water partition coefficient (Wildman–Crippen LogP) is 2.43. The van der Waals surface area contributed by atoms with Crippen LogP contribution in [0.3, 0.4) is 0 Å². The summed E-state index contributed by atoms with van der Waals surface area (Å²) in [5, 5.41) is 3.86. The first-order valence-corrected chi connectivity index (χ1v) is 9.51. The van der Waals surface area contributed by atoms with Crippen molar-refractivity contribution in [3.63, 3.8) is 0 Å². The molecule has 29 heavy (non-hydrogen) atoms. The SMILES string of the molecule is Cn1c(=O)n(Cc2ccccc2)c(=O)c2c(CNCc3ccccc3)ccnc21. The number of pyridine rings is 1. The number of benzene rings is 2. The third kappa shape index (κ3) is 3.88. The van der Waals surface area contributed by atoms with Crippen molar-refractivity contribution in [2.45, 2.75) is 19.6 Å². The normalized spacial score (nSPS) is 11.1. The van der Waals surface area contributed by atoms with E-state index in [-0.39, 0.29) is 17.8 Å². The highest BCUT2D eigenvalue weighted by atomic mass is 16.2. The molecule has 6 nitrogen and oxygen atoms in total. The fraction of sp³-hybridized carbons (Fsp3) is 0.174. The van der Waals surface area contributed by atoms with Crippen molar-refractivity contribution in [2.75, 3.05) is 0 Å². The van der Waals surface area contributed by atoms with Gasteiger partial charge in [-0.15, -0.1) is 0 Å². The number of rotatable bonds is 6. The predicted molar refractivity (Wildman–Crippen MR) is 114 cm³/mol. The Morgan fingerprint density at radius 2 is 1.52 bits per heavy atom. The van der Waals surface area contributed by atoms with Gasteiger partial charge in [-0.1, -0.05) is 60.7 Å². The lowest BCUT2D eigenvalue weighted by Gasteiger charge is -2.13. The van der Waals surface area contributed by atoms with Crippen LogP contribution in [0, 0.1) is 0 Å². The summed E-state index contributed by atoms with van der Waals surface area (Å²) in [7, 11) is 1.65. The maximum atomic E-state index is 13.2. The Balaban J connectivity index is 1.72. The Labute approximate surface area is 168 Å². The summed E-state index contributed by atoms with van der Waals surface area (Å²) < 4.78 is 2.72. The third-order valence-electron chi connectivity index (χ3n) is 4.98. The molecule has 2 heterocycles. The van der Waals surface area contributed by atoms with E-state index in [0.717, 1.165) is 11.1 Å². The quantitative estimate of drug-likeness (QED) is 0.553. The minimum Gasteiger partial charge on any atom is -0.309 e. The molecule has 4 rings (SSSR count). The van der Waals surface area contributed by atoms with E-state index in [0.29, 0.717) is 24.1 Å². The van der Waals surface area contributed by atoms with Gasteiger partial charge in [0.05, 0.1) is 11.9 Å². The van der Waals surface area contributed by atoms with Crippen LogP contribution in [0.25, 0.3) is 11.0 Å². The lowest BCUT2D eigenvalue weighted by Crippen LogP contribution is -2.40. The summed E-state index contributed by atoms with van der Waals surface area (Å²) in [5.74, 6) is 0. The molecule has 146 valence electrons. The highest BCUT2D eigenvalue weighted by Gasteiger charge is 2.15. The second kappa shape index (κ2) is 8.24. The molecule has 6 heteroatoms. The van der Waals surface area contributed by atoms with Crippen LogP contribution in [-0.4, -0.2) is 14.1 Å². The first-order chi connectivity index (χ1) is 14.1. The van der Waals surface area contributed by atoms with Crippen molar-refractivity contribution >= 4 is 11.0 Å². The number of nitrogens with one attached hydrogen (secondary N) is 1. The lowest BCUT2D eigenvalue weighted by atomic mass is 10.1. The topological polar surface area (TPSA) is 68.9 Å². The van der Waals surface area contributed by atoms with E-state index in [1.165, 1.54) is 14.7 Å². The van der Waals surface area contributed by atoms with Crippen LogP contribution in [0.4, 0.5) is 0 Å². The Morgan fingerprint density at radius 3 is 2.21 bits per heavy atom. The van der Waals surface area contributed by atoms with Crippen LogP contribution in [0.5, 0.6) is 0 Å². The minimum atomic E-state index is -0.367. The van der Waals surface area contributed by atoms with Gasteiger partial charge in [0.1, 0.15) is 5.65 Å². The molecule has 0 saturated carbocycles. The highest BCUT2D eigenvalue weighted by molar-refractivity contribution is 5.77. The minimum absolute atomic E-state index is 0.230. The lowest BCUT2D eigenvalue weighted by molar-refractivity contribution is 0.652. The molecule has 0 aliphatic rings. The van der Waals surface area contributed by atoms with Gasteiger partial charge in [0, 0.05) is 26.3 Å². The highest BCUT2D eigenvalue weighted by Crippen LogP contribution is 2.12. The second-order valence-electron chi connectivity index (χ2n) is 6.98. The second-order valence-corrected chi connectivity index (χ2v) is 6.98. The van der Waals surface area contributed by atoms with E-state index in [2.05, 4.69) is 10.3 Å².